The van der Waals surface area contributed by atoms with Crippen LogP contribution in [0.3, 0.4) is 0 Å². The van der Waals surface area contributed by atoms with Gasteiger partial charge in [-0.05, 0) is 44.1 Å². The maximum absolute atomic E-state index is 12.8. The predicted molar refractivity (Wildman–Crippen MR) is 122 cm³/mol. The molecule has 31 heavy (non-hydrogen) atoms. The van der Waals surface area contributed by atoms with Crippen molar-refractivity contribution in [3.8, 4) is 0 Å². The lowest BCUT2D eigenvalue weighted by Crippen LogP contribution is -2.44. The first-order valence-corrected chi connectivity index (χ1v) is 11.3. The minimum absolute atomic E-state index is 0.143. The van der Waals surface area contributed by atoms with E-state index in [4.69, 9.17) is 23.2 Å². The number of aliphatic hydroxyl groups is 1. The van der Waals surface area contributed by atoms with Crippen LogP contribution in [0.2, 0.25) is 10.0 Å². The lowest BCUT2D eigenvalue weighted by Gasteiger charge is -2.32. The van der Waals surface area contributed by atoms with Crippen LogP contribution in [-0.4, -0.2) is 96.4 Å². The van der Waals surface area contributed by atoms with Crippen LogP contribution in [0.25, 0.3) is 0 Å². The van der Waals surface area contributed by atoms with Crippen LogP contribution >= 0.6 is 23.2 Å². The lowest BCUT2D eigenvalue weighted by atomic mass is 10.2. The fourth-order valence-electron chi connectivity index (χ4n) is 3.89. The van der Waals surface area contributed by atoms with Crippen molar-refractivity contribution in [2.24, 2.45) is 0 Å². The Labute approximate surface area is 193 Å². The van der Waals surface area contributed by atoms with Crippen molar-refractivity contribution in [3.05, 3.63) is 45.1 Å². The largest absolute Gasteiger partial charge is 0.503 e. The van der Waals surface area contributed by atoms with Crippen molar-refractivity contribution in [1.29, 1.82) is 0 Å². The van der Waals surface area contributed by atoms with Gasteiger partial charge in [-0.15, -0.1) is 0 Å². The standard InChI is InChI=1S/C22H30Cl2N4O3/c1-25-9-11-27(12-10-25)7-3-4-8-28-15-17(20(29)22(28)31)21(30)26(2)14-16-5-6-18(23)19(24)13-16/h5-6,13,29H,3-4,7-12,14-15H2,1-2H3. The van der Waals surface area contributed by atoms with Crippen LogP contribution in [0.4, 0.5) is 0 Å². The third-order valence-corrected chi connectivity index (χ3v) is 6.62. The Balaban J connectivity index is 1.47. The van der Waals surface area contributed by atoms with Gasteiger partial charge in [-0.1, -0.05) is 29.3 Å². The minimum atomic E-state index is -0.467. The summed E-state index contributed by atoms with van der Waals surface area (Å²) < 4.78 is 0. The Bertz CT molecular complexity index is 853. The first kappa shape index (κ1) is 23.9. The van der Waals surface area contributed by atoms with E-state index in [1.54, 1.807) is 30.1 Å². The molecule has 2 aliphatic rings. The Hall–Kier alpha value is -1.80. The number of piperazine rings is 1. The second-order valence-corrected chi connectivity index (χ2v) is 9.13. The third kappa shape index (κ3) is 6.13. The van der Waals surface area contributed by atoms with Gasteiger partial charge in [0.1, 0.15) is 0 Å². The second-order valence-electron chi connectivity index (χ2n) is 8.32. The molecule has 0 spiro atoms. The Morgan fingerprint density at radius 3 is 2.45 bits per heavy atom. The van der Waals surface area contributed by atoms with E-state index in [1.807, 2.05) is 0 Å². The van der Waals surface area contributed by atoms with Crippen molar-refractivity contribution < 1.29 is 14.7 Å². The molecule has 7 nitrogen and oxygen atoms in total. The normalized spacial score (nSPS) is 18.2. The summed E-state index contributed by atoms with van der Waals surface area (Å²) in [6, 6.07) is 5.17. The molecule has 0 aliphatic carbocycles. The fourth-order valence-corrected chi connectivity index (χ4v) is 4.21. The van der Waals surface area contributed by atoms with E-state index < -0.39 is 11.7 Å². The first-order chi connectivity index (χ1) is 14.8. The van der Waals surface area contributed by atoms with E-state index in [2.05, 4.69) is 16.8 Å². The lowest BCUT2D eigenvalue weighted by molar-refractivity contribution is -0.128. The van der Waals surface area contributed by atoms with Crippen LogP contribution in [0.5, 0.6) is 0 Å². The van der Waals surface area contributed by atoms with Crippen LogP contribution in [0.1, 0.15) is 18.4 Å². The van der Waals surface area contributed by atoms with Crippen LogP contribution in [0.15, 0.2) is 29.5 Å². The Morgan fingerprint density at radius 2 is 1.77 bits per heavy atom. The molecule has 0 saturated carbocycles. The molecule has 170 valence electrons. The number of rotatable bonds is 8. The van der Waals surface area contributed by atoms with Gasteiger partial charge in [-0.25, -0.2) is 0 Å². The van der Waals surface area contributed by atoms with Gasteiger partial charge in [-0.3, -0.25) is 9.59 Å². The quantitative estimate of drug-likeness (QED) is 0.593. The number of amides is 2. The zero-order valence-electron chi connectivity index (χ0n) is 18.1. The van der Waals surface area contributed by atoms with Gasteiger partial charge in [-0.2, -0.15) is 0 Å². The zero-order chi connectivity index (χ0) is 22.5. The summed E-state index contributed by atoms with van der Waals surface area (Å²) in [5.41, 5.74) is 0.960. The molecule has 3 rings (SSSR count). The van der Waals surface area contributed by atoms with E-state index in [1.165, 1.54) is 4.90 Å². The summed E-state index contributed by atoms with van der Waals surface area (Å²) in [6.45, 7) is 6.30. The molecule has 0 atom stereocenters. The summed E-state index contributed by atoms with van der Waals surface area (Å²) in [5.74, 6) is -1.27. The molecule has 2 aliphatic heterocycles. The highest BCUT2D eigenvalue weighted by molar-refractivity contribution is 6.42. The number of likely N-dealkylation sites (N-methyl/N-ethyl adjacent to an activating group) is 2. The molecule has 0 bridgehead atoms. The number of aliphatic hydroxyl groups excluding tert-OH is 1. The summed E-state index contributed by atoms with van der Waals surface area (Å²) in [4.78, 5) is 33.0. The molecular weight excluding hydrogens is 439 g/mol. The molecular formula is C22H30Cl2N4O3. The SMILES string of the molecule is CN1CCN(CCCCN2CC(C(=O)N(C)Cc3ccc(Cl)c(Cl)c3)=C(O)C2=O)CC1. The number of hydrogen-bond donors (Lipinski definition) is 1. The number of unbranched alkanes of at least 4 members (excludes halogenated alkanes) is 1. The summed E-state index contributed by atoms with van der Waals surface area (Å²) in [5, 5.41) is 11.1. The maximum atomic E-state index is 12.8. The fraction of sp³-hybridized carbons (Fsp3) is 0.545. The van der Waals surface area contributed by atoms with Gasteiger partial charge in [0.2, 0.25) is 0 Å². The molecule has 2 heterocycles. The molecule has 0 radical (unpaired) electrons. The number of carbonyl (C=O) groups excluding carboxylic acids is 2. The van der Waals surface area contributed by atoms with E-state index in [0.717, 1.165) is 51.1 Å². The Kier molecular flexibility index (Phi) is 8.22. The summed E-state index contributed by atoms with van der Waals surface area (Å²) in [7, 11) is 3.77. The summed E-state index contributed by atoms with van der Waals surface area (Å²) in [6.07, 6.45) is 1.82. The molecule has 1 N–H and O–H groups in total. The van der Waals surface area contributed by atoms with Gasteiger partial charge in [0.25, 0.3) is 11.8 Å². The van der Waals surface area contributed by atoms with E-state index >= 15 is 0 Å². The topological polar surface area (TPSA) is 67.3 Å². The van der Waals surface area contributed by atoms with Gasteiger partial charge >= 0.3 is 0 Å². The van der Waals surface area contributed by atoms with Crippen LogP contribution < -0.4 is 0 Å². The Morgan fingerprint density at radius 1 is 1.10 bits per heavy atom. The molecule has 2 amide bonds. The van der Waals surface area contributed by atoms with E-state index in [-0.39, 0.29) is 18.0 Å². The summed E-state index contributed by atoms with van der Waals surface area (Å²) >= 11 is 12.0. The van der Waals surface area contributed by atoms with Gasteiger partial charge in [0.15, 0.2) is 5.76 Å². The highest BCUT2D eigenvalue weighted by atomic mass is 35.5. The van der Waals surface area contributed by atoms with Crippen molar-refractivity contribution in [2.45, 2.75) is 19.4 Å². The molecule has 1 aromatic rings. The number of nitrogens with zero attached hydrogens (tertiary/aromatic N) is 4. The molecule has 1 aromatic carbocycles. The number of benzene rings is 1. The number of halogens is 2. The molecule has 0 aromatic heterocycles. The molecule has 1 fully saturated rings. The van der Waals surface area contributed by atoms with Crippen molar-refractivity contribution in [1.82, 2.24) is 19.6 Å². The number of carbonyl (C=O) groups is 2. The molecule has 1 saturated heterocycles. The number of hydrogen-bond acceptors (Lipinski definition) is 5. The van der Waals surface area contributed by atoms with Crippen molar-refractivity contribution in [2.75, 3.05) is 59.9 Å². The zero-order valence-corrected chi connectivity index (χ0v) is 19.6. The smallest absolute Gasteiger partial charge is 0.289 e. The van der Waals surface area contributed by atoms with Gasteiger partial charge < -0.3 is 24.7 Å². The molecule has 9 heteroatoms. The van der Waals surface area contributed by atoms with E-state index in [0.29, 0.717) is 23.1 Å². The average Bonchev–Trinajstić information content (AvgIpc) is 3.03. The average molecular weight is 469 g/mol. The highest BCUT2D eigenvalue weighted by Gasteiger charge is 2.34. The van der Waals surface area contributed by atoms with Gasteiger partial charge in [0, 0.05) is 46.3 Å². The van der Waals surface area contributed by atoms with Crippen molar-refractivity contribution >= 4 is 35.0 Å². The van der Waals surface area contributed by atoms with E-state index in [9.17, 15) is 14.7 Å². The van der Waals surface area contributed by atoms with Crippen LogP contribution in [-0.2, 0) is 16.1 Å². The minimum Gasteiger partial charge on any atom is -0.503 e. The predicted octanol–water partition coefficient (Wildman–Crippen LogP) is 2.63. The second kappa shape index (κ2) is 10.7. The van der Waals surface area contributed by atoms with Crippen molar-refractivity contribution in [3.63, 3.8) is 0 Å². The maximum Gasteiger partial charge on any atom is 0.289 e. The van der Waals surface area contributed by atoms with Gasteiger partial charge in [0.05, 0.1) is 22.2 Å². The molecule has 0 unspecified atom stereocenters. The van der Waals surface area contributed by atoms with Crippen LogP contribution in [0, 0.1) is 0 Å². The monoisotopic (exact) mass is 468 g/mol. The first-order valence-electron chi connectivity index (χ1n) is 10.6. The highest BCUT2D eigenvalue weighted by Crippen LogP contribution is 2.24. The third-order valence-electron chi connectivity index (χ3n) is 5.88.